The highest BCUT2D eigenvalue weighted by Gasteiger charge is 2.48. The number of rotatable bonds is 7. The monoisotopic (exact) mass is 395 g/mol. The Hall–Kier alpha value is -3.06. The van der Waals surface area contributed by atoms with Crippen LogP contribution >= 0.6 is 0 Å². The van der Waals surface area contributed by atoms with Crippen LogP contribution in [0.15, 0.2) is 48.8 Å². The molecule has 1 aromatic carbocycles. The van der Waals surface area contributed by atoms with Gasteiger partial charge in [-0.1, -0.05) is 0 Å². The number of carbonyl (C=O) groups excluding carboxylic acids is 1. The van der Waals surface area contributed by atoms with Gasteiger partial charge < -0.3 is 9.84 Å². The van der Waals surface area contributed by atoms with Crippen LogP contribution in [0.4, 0.5) is 4.39 Å². The summed E-state index contributed by atoms with van der Waals surface area (Å²) in [6, 6.07) is 9.94. The minimum atomic E-state index is -0.321. The van der Waals surface area contributed by atoms with Crippen molar-refractivity contribution in [3.05, 3.63) is 60.3 Å². The van der Waals surface area contributed by atoms with Crippen LogP contribution in [0.3, 0.4) is 0 Å². The fourth-order valence-corrected chi connectivity index (χ4v) is 3.74. The Morgan fingerprint density at radius 3 is 2.59 bits per heavy atom. The Balaban J connectivity index is 1.86. The third-order valence-corrected chi connectivity index (χ3v) is 5.12. The summed E-state index contributed by atoms with van der Waals surface area (Å²) < 4.78 is 20.4. The first kappa shape index (κ1) is 19.3. The van der Waals surface area contributed by atoms with Crippen LogP contribution in [0.2, 0.25) is 0 Å². The van der Waals surface area contributed by atoms with Gasteiger partial charge in [-0.15, -0.1) is 0 Å². The Kier molecular flexibility index (Phi) is 5.40. The van der Waals surface area contributed by atoms with E-state index in [0.29, 0.717) is 25.3 Å². The molecule has 1 N–H and O–H groups in total. The number of nitrogens with zero attached hydrogens (tertiary/aromatic N) is 3. The molecule has 2 unspecified atom stereocenters. The van der Waals surface area contributed by atoms with Crippen LogP contribution < -0.4 is 0 Å². The molecule has 1 fully saturated rings. The van der Waals surface area contributed by atoms with Crippen LogP contribution in [0.1, 0.15) is 25.0 Å². The van der Waals surface area contributed by atoms with Gasteiger partial charge in [0.1, 0.15) is 11.5 Å². The van der Waals surface area contributed by atoms with Crippen molar-refractivity contribution >= 4 is 5.97 Å². The summed E-state index contributed by atoms with van der Waals surface area (Å²) in [6.45, 7) is 2.36. The third-order valence-electron chi connectivity index (χ3n) is 5.12. The molecule has 2 aromatic heterocycles. The minimum absolute atomic E-state index is 0.0366. The van der Waals surface area contributed by atoms with Gasteiger partial charge in [-0.05, 0) is 55.3 Å². The lowest BCUT2D eigenvalue weighted by Gasteiger charge is -2.09. The molecular formula is C22H22FN3O3. The largest absolute Gasteiger partial charge is 0.466 e. The van der Waals surface area contributed by atoms with Gasteiger partial charge in [0.2, 0.25) is 0 Å². The van der Waals surface area contributed by atoms with Crippen LogP contribution in [0, 0.1) is 11.7 Å². The standard InChI is InChI=1S/C22H22FN3O3/c1-2-29-22(28)18-13-17(18)21-19(14-7-9-24-10-8-14)20(25-26(21)11-12-27)15-3-5-16(23)6-4-15/h3-10,17-18,27H,2,11-13H2,1H3. The first-order valence-corrected chi connectivity index (χ1v) is 9.68. The van der Waals surface area contributed by atoms with E-state index in [1.165, 1.54) is 12.1 Å². The molecule has 1 aliphatic rings. The predicted molar refractivity (Wildman–Crippen MR) is 105 cm³/mol. The van der Waals surface area contributed by atoms with Gasteiger partial charge in [0.25, 0.3) is 0 Å². The zero-order chi connectivity index (χ0) is 20.4. The molecule has 0 aliphatic heterocycles. The number of halogens is 1. The zero-order valence-corrected chi connectivity index (χ0v) is 16.1. The lowest BCUT2D eigenvalue weighted by molar-refractivity contribution is -0.144. The van der Waals surface area contributed by atoms with Crippen LogP contribution in [0.25, 0.3) is 22.4 Å². The SMILES string of the molecule is CCOC(=O)C1CC1c1c(-c2ccncc2)c(-c2ccc(F)cc2)nn1CCO. The van der Waals surface area contributed by atoms with E-state index in [-0.39, 0.29) is 30.2 Å². The number of carbonyl (C=O) groups is 1. The van der Waals surface area contributed by atoms with Crippen molar-refractivity contribution in [3.8, 4) is 22.4 Å². The number of ether oxygens (including phenoxy) is 1. The van der Waals surface area contributed by atoms with E-state index >= 15 is 0 Å². The topological polar surface area (TPSA) is 77.2 Å². The Morgan fingerprint density at radius 2 is 1.93 bits per heavy atom. The second-order valence-corrected chi connectivity index (χ2v) is 7.00. The van der Waals surface area contributed by atoms with E-state index in [1.54, 1.807) is 36.1 Å². The van der Waals surface area contributed by atoms with Crippen LogP contribution in [0.5, 0.6) is 0 Å². The summed E-state index contributed by atoms with van der Waals surface area (Å²) in [5.41, 5.74) is 4.14. The van der Waals surface area contributed by atoms with Gasteiger partial charge in [0.05, 0.1) is 31.4 Å². The maximum atomic E-state index is 13.5. The molecular weight excluding hydrogens is 373 g/mol. The molecule has 6 nitrogen and oxygen atoms in total. The Labute approximate surface area is 168 Å². The van der Waals surface area contributed by atoms with Gasteiger partial charge in [-0.3, -0.25) is 14.5 Å². The predicted octanol–water partition coefficient (Wildman–Crippen LogP) is 3.41. The zero-order valence-electron chi connectivity index (χ0n) is 16.1. The molecule has 150 valence electrons. The molecule has 2 heterocycles. The van der Waals surface area contributed by atoms with Gasteiger partial charge in [0, 0.05) is 29.4 Å². The summed E-state index contributed by atoms with van der Waals surface area (Å²) in [7, 11) is 0. The first-order chi connectivity index (χ1) is 14.1. The maximum absolute atomic E-state index is 13.5. The molecule has 1 aliphatic carbocycles. The average Bonchev–Trinajstić information content (AvgIpc) is 3.44. The molecule has 0 bridgehead atoms. The quantitative estimate of drug-likeness (QED) is 0.621. The number of benzene rings is 1. The van der Waals surface area contributed by atoms with Crippen LogP contribution in [-0.2, 0) is 16.1 Å². The molecule has 29 heavy (non-hydrogen) atoms. The van der Waals surface area contributed by atoms with Gasteiger partial charge in [0.15, 0.2) is 0 Å². The number of aliphatic hydroxyl groups excluding tert-OH is 1. The molecule has 4 rings (SSSR count). The molecule has 7 heteroatoms. The Bertz CT molecular complexity index is 1000. The van der Waals surface area contributed by atoms with E-state index in [1.807, 2.05) is 12.1 Å². The molecule has 0 radical (unpaired) electrons. The van der Waals surface area contributed by atoms with Crippen molar-refractivity contribution in [2.75, 3.05) is 13.2 Å². The second kappa shape index (κ2) is 8.13. The highest BCUT2D eigenvalue weighted by atomic mass is 19.1. The molecule has 1 saturated carbocycles. The fourth-order valence-electron chi connectivity index (χ4n) is 3.74. The summed E-state index contributed by atoms with van der Waals surface area (Å²) in [4.78, 5) is 16.4. The number of aromatic nitrogens is 3. The summed E-state index contributed by atoms with van der Waals surface area (Å²) in [5, 5.41) is 14.3. The molecule has 3 aromatic rings. The molecule has 0 amide bonds. The number of aliphatic hydroxyl groups is 1. The van der Waals surface area contributed by atoms with E-state index < -0.39 is 0 Å². The first-order valence-electron chi connectivity index (χ1n) is 9.68. The van der Waals surface area contributed by atoms with Crippen molar-refractivity contribution in [1.29, 1.82) is 0 Å². The van der Waals surface area contributed by atoms with Crippen molar-refractivity contribution in [1.82, 2.24) is 14.8 Å². The summed E-state index contributed by atoms with van der Waals surface area (Å²) in [5.74, 6) is -0.784. The third kappa shape index (κ3) is 3.78. The summed E-state index contributed by atoms with van der Waals surface area (Å²) in [6.07, 6.45) is 4.08. The van der Waals surface area contributed by atoms with Gasteiger partial charge >= 0.3 is 5.97 Å². The Morgan fingerprint density at radius 1 is 1.21 bits per heavy atom. The number of hydrogen-bond donors (Lipinski definition) is 1. The smallest absolute Gasteiger partial charge is 0.309 e. The number of pyridine rings is 1. The van der Waals surface area contributed by atoms with Crippen molar-refractivity contribution in [2.24, 2.45) is 5.92 Å². The number of hydrogen-bond acceptors (Lipinski definition) is 5. The molecule has 0 spiro atoms. The van der Waals surface area contributed by atoms with Gasteiger partial charge in [-0.25, -0.2) is 4.39 Å². The average molecular weight is 395 g/mol. The highest BCUT2D eigenvalue weighted by Crippen LogP contribution is 2.52. The summed E-state index contributed by atoms with van der Waals surface area (Å²) >= 11 is 0. The lowest BCUT2D eigenvalue weighted by atomic mass is 9.97. The van der Waals surface area contributed by atoms with Crippen molar-refractivity contribution < 1.29 is 19.0 Å². The van der Waals surface area contributed by atoms with E-state index in [2.05, 4.69) is 4.98 Å². The lowest BCUT2D eigenvalue weighted by Crippen LogP contribution is -2.11. The van der Waals surface area contributed by atoms with E-state index in [0.717, 1.165) is 22.4 Å². The maximum Gasteiger partial charge on any atom is 0.309 e. The normalized spacial score (nSPS) is 17.9. The molecule has 0 saturated heterocycles. The van der Waals surface area contributed by atoms with Crippen molar-refractivity contribution in [2.45, 2.75) is 25.8 Å². The van der Waals surface area contributed by atoms with E-state index in [9.17, 15) is 14.3 Å². The van der Waals surface area contributed by atoms with E-state index in [4.69, 9.17) is 9.84 Å². The number of esters is 1. The van der Waals surface area contributed by atoms with Crippen LogP contribution in [-0.4, -0.2) is 39.1 Å². The second-order valence-electron chi connectivity index (χ2n) is 7.00. The minimum Gasteiger partial charge on any atom is -0.466 e. The van der Waals surface area contributed by atoms with Gasteiger partial charge in [-0.2, -0.15) is 5.10 Å². The van der Waals surface area contributed by atoms with Crippen molar-refractivity contribution in [3.63, 3.8) is 0 Å². The highest BCUT2D eigenvalue weighted by molar-refractivity contribution is 5.85. The molecule has 2 atom stereocenters. The fraction of sp³-hybridized carbons (Fsp3) is 0.318.